The molecule has 0 saturated carbocycles. The molecule has 7 nitrogen and oxygen atoms in total. The Morgan fingerprint density at radius 2 is 1.91 bits per heavy atom. The van der Waals surface area contributed by atoms with Crippen molar-refractivity contribution in [2.24, 2.45) is 5.92 Å². The molecule has 0 N–H and O–H groups in total. The SMILES string of the molecule is Cc1cc(C(F)(F)F)cc(N2C(=O)C[C@@H]3CN(CC=O)c4c(C)cccc4N(C)C(=O)[C@H]32)n1. The number of aromatic nitrogens is 1. The van der Waals surface area contributed by atoms with Crippen molar-refractivity contribution in [1.82, 2.24) is 4.98 Å². The number of fused-ring (bicyclic) bond motifs is 2. The Hall–Kier alpha value is -3.43. The Morgan fingerprint density at radius 3 is 2.58 bits per heavy atom. The summed E-state index contributed by atoms with van der Waals surface area (Å²) in [7, 11) is 1.56. The van der Waals surface area contributed by atoms with Crippen molar-refractivity contribution < 1.29 is 27.6 Å². The van der Waals surface area contributed by atoms with Crippen molar-refractivity contribution in [2.45, 2.75) is 32.5 Å². The van der Waals surface area contributed by atoms with Gasteiger partial charge in [-0.25, -0.2) is 4.98 Å². The molecule has 174 valence electrons. The van der Waals surface area contributed by atoms with Crippen LogP contribution in [0.15, 0.2) is 30.3 Å². The molecule has 2 aliphatic heterocycles. The molecule has 2 aromatic rings. The fraction of sp³-hybridized carbons (Fsp3) is 0.391. The quantitative estimate of drug-likeness (QED) is 0.658. The number of amides is 2. The molecule has 2 aliphatic rings. The lowest BCUT2D eigenvalue weighted by Crippen LogP contribution is -2.52. The number of anilines is 3. The van der Waals surface area contributed by atoms with E-state index < -0.39 is 35.5 Å². The summed E-state index contributed by atoms with van der Waals surface area (Å²) in [4.78, 5) is 46.6. The molecule has 1 saturated heterocycles. The number of nitrogens with zero attached hydrogens (tertiary/aromatic N) is 4. The van der Waals surface area contributed by atoms with Crippen LogP contribution in [-0.2, 0) is 20.6 Å². The van der Waals surface area contributed by atoms with E-state index in [1.807, 2.05) is 17.9 Å². The highest BCUT2D eigenvalue weighted by Gasteiger charge is 2.49. The fourth-order valence-corrected chi connectivity index (χ4v) is 4.76. The molecule has 1 aromatic carbocycles. The van der Waals surface area contributed by atoms with Gasteiger partial charge in [-0.15, -0.1) is 0 Å². The average molecular weight is 460 g/mol. The number of likely N-dealkylation sites (N-methyl/N-ethyl adjacent to an activating group) is 1. The first-order valence-corrected chi connectivity index (χ1v) is 10.5. The monoisotopic (exact) mass is 460 g/mol. The summed E-state index contributed by atoms with van der Waals surface area (Å²) in [5.41, 5.74) is 1.30. The molecule has 0 radical (unpaired) electrons. The largest absolute Gasteiger partial charge is 0.416 e. The molecule has 0 unspecified atom stereocenters. The topological polar surface area (TPSA) is 73.8 Å². The molecule has 0 aliphatic carbocycles. The Kier molecular flexibility index (Phi) is 5.63. The zero-order valence-electron chi connectivity index (χ0n) is 18.4. The van der Waals surface area contributed by atoms with E-state index in [-0.39, 0.29) is 31.0 Å². The highest BCUT2D eigenvalue weighted by Crippen LogP contribution is 2.41. The Bertz CT molecular complexity index is 1130. The molecule has 2 atom stereocenters. The van der Waals surface area contributed by atoms with Gasteiger partial charge in [-0.3, -0.25) is 14.5 Å². The number of para-hydroxylation sites is 1. The molecular formula is C23H23F3N4O3. The highest BCUT2D eigenvalue weighted by molar-refractivity contribution is 6.10. The van der Waals surface area contributed by atoms with E-state index in [1.165, 1.54) is 11.8 Å². The number of aldehydes is 1. The number of pyridine rings is 1. The Morgan fingerprint density at radius 1 is 1.18 bits per heavy atom. The fourth-order valence-electron chi connectivity index (χ4n) is 4.76. The van der Waals surface area contributed by atoms with Crippen LogP contribution >= 0.6 is 0 Å². The lowest BCUT2D eigenvalue weighted by atomic mass is 9.95. The van der Waals surface area contributed by atoms with Crippen LogP contribution in [0.4, 0.5) is 30.4 Å². The van der Waals surface area contributed by atoms with E-state index in [4.69, 9.17) is 0 Å². The Labute approximate surface area is 188 Å². The van der Waals surface area contributed by atoms with Crippen LogP contribution in [0.1, 0.15) is 23.2 Å². The van der Waals surface area contributed by atoms with Gasteiger partial charge in [-0.1, -0.05) is 12.1 Å². The molecule has 3 heterocycles. The summed E-state index contributed by atoms with van der Waals surface area (Å²) < 4.78 is 40.2. The zero-order chi connectivity index (χ0) is 24.1. The van der Waals surface area contributed by atoms with Crippen molar-refractivity contribution in [2.75, 3.05) is 34.8 Å². The minimum Gasteiger partial charge on any atom is -0.362 e. The predicted molar refractivity (Wildman–Crippen MR) is 116 cm³/mol. The van der Waals surface area contributed by atoms with E-state index in [0.29, 0.717) is 5.69 Å². The first kappa shape index (κ1) is 22.8. The summed E-state index contributed by atoms with van der Waals surface area (Å²) in [5, 5.41) is 0. The van der Waals surface area contributed by atoms with Gasteiger partial charge in [0.25, 0.3) is 0 Å². The van der Waals surface area contributed by atoms with Gasteiger partial charge in [0.2, 0.25) is 11.8 Å². The molecular weight excluding hydrogens is 437 g/mol. The van der Waals surface area contributed by atoms with Gasteiger partial charge in [-0.05, 0) is 37.6 Å². The van der Waals surface area contributed by atoms with E-state index in [2.05, 4.69) is 4.98 Å². The number of benzene rings is 1. The van der Waals surface area contributed by atoms with Crippen LogP contribution < -0.4 is 14.7 Å². The third kappa shape index (κ3) is 3.94. The van der Waals surface area contributed by atoms with Gasteiger partial charge in [0.15, 0.2) is 0 Å². The standard InChI is InChI=1S/C23H23F3N4O3/c1-13-5-4-6-17-20(13)29(7-8-31)12-15-10-19(32)30(21(15)22(33)28(17)3)18-11-16(23(24,25)26)9-14(2)27-18/h4-6,8-9,11,15,21H,7,10,12H2,1-3H3/t15-,21+/m1/s1. The third-order valence-corrected chi connectivity index (χ3v) is 6.17. The second-order valence-corrected chi connectivity index (χ2v) is 8.44. The lowest BCUT2D eigenvalue weighted by molar-refractivity contribution is -0.137. The second-order valence-electron chi connectivity index (χ2n) is 8.44. The molecule has 1 aromatic heterocycles. The highest BCUT2D eigenvalue weighted by atomic mass is 19.4. The van der Waals surface area contributed by atoms with Crippen molar-refractivity contribution in [3.63, 3.8) is 0 Å². The Balaban J connectivity index is 1.84. The zero-order valence-corrected chi connectivity index (χ0v) is 18.4. The molecule has 0 bridgehead atoms. The smallest absolute Gasteiger partial charge is 0.362 e. The normalized spacial score (nSPS) is 21.0. The van der Waals surface area contributed by atoms with E-state index in [1.54, 1.807) is 19.2 Å². The van der Waals surface area contributed by atoms with Crippen LogP contribution in [-0.4, -0.2) is 49.3 Å². The summed E-state index contributed by atoms with van der Waals surface area (Å²) in [6.45, 7) is 3.56. The number of halogens is 3. The maximum absolute atomic E-state index is 13.6. The number of hydrogen-bond donors (Lipinski definition) is 0. The van der Waals surface area contributed by atoms with Crippen LogP contribution in [0.5, 0.6) is 0 Å². The number of aryl methyl sites for hydroxylation is 2. The van der Waals surface area contributed by atoms with Crippen molar-refractivity contribution in [1.29, 1.82) is 0 Å². The van der Waals surface area contributed by atoms with Crippen LogP contribution in [0.25, 0.3) is 0 Å². The van der Waals surface area contributed by atoms with E-state index in [9.17, 15) is 27.6 Å². The van der Waals surface area contributed by atoms with Gasteiger partial charge in [-0.2, -0.15) is 13.2 Å². The van der Waals surface area contributed by atoms with E-state index in [0.717, 1.165) is 34.6 Å². The predicted octanol–water partition coefficient (Wildman–Crippen LogP) is 3.12. The van der Waals surface area contributed by atoms with Gasteiger partial charge in [0.05, 0.1) is 23.5 Å². The van der Waals surface area contributed by atoms with Crippen LogP contribution in [0, 0.1) is 19.8 Å². The second kappa shape index (κ2) is 8.17. The number of carbonyl (C=O) groups excluding carboxylic acids is 3. The molecule has 1 fully saturated rings. The number of hydrogen-bond acceptors (Lipinski definition) is 5. The maximum Gasteiger partial charge on any atom is 0.416 e. The van der Waals surface area contributed by atoms with Gasteiger partial charge >= 0.3 is 6.18 Å². The first-order chi connectivity index (χ1) is 15.5. The van der Waals surface area contributed by atoms with Crippen molar-refractivity contribution >= 4 is 35.3 Å². The molecule has 33 heavy (non-hydrogen) atoms. The van der Waals surface area contributed by atoms with Crippen LogP contribution in [0.3, 0.4) is 0 Å². The summed E-state index contributed by atoms with van der Waals surface area (Å²) >= 11 is 0. The molecule has 0 spiro atoms. The van der Waals surface area contributed by atoms with Gasteiger partial charge in [0, 0.05) is 31.6 Å². The average Bonchev–Trinajstić information content (AvgIpc) is 3.06. The summed E-state index contributed by atoms with van der Waals surface area (Å²) in [5.74, 6) is -1.63. The van der Waals surface area contributed by atoms with Crippen molar-refractivity contribution in [3.8, 4) is 0 Å². The van der Waals surface area contributed by atoms with Gasteiger partial charge < -0.3 is 14.6 Å². The minimum atomic E-state index is -4.62. The first-order valence-electron chi connectivity index (χ1n) is 10.5. The maximum atomic E-state index is 13.6. The van der Waals surface area contributed by atoms with Crippen LogP contribution in [0.2, 0.25) is 0 Å². The number of rotatable bonds is 3. The van der Waals surface area contributed by atoms with E-state index >= 15 is 0 Å². The van der Waals surface area contributed by atoms with Crippen molar-refractivity contribution in [3.05, 3.63) is 47.2 Å². The molecule has 4 rings (SSSR count). The minimum absolute atomic E-state index is 0.0439. The summed E-state index contributed by atoms with van der Waals surface area (Å²) in [6, 6.07) is 6.06. The third-order valence-electron chi connectivity index (χ3n) is 6.17. The number of alkyl halides is 3. The lowest BCUT2D eigenvalue weighted by Gasteiger charge is -2.38. The molecule has 10 heteroatoms. The number of carbonyl (C=O) groups is 3. The summed E-state index contributed by atoms with van der Waals surface area (Å²) in [6.07, 6.45) is -3.91. The van der Waals surface area contributed by atoms with Gasteiger partial charge in [0.1, 0.15) is 18.1 Å². The molecule has 2 amide bonds.